The van der Waals surface area contributed by atoms with E-state index in [9.17, 15) is 9.59 Å². The standard InChI is InChI=1S/C18H26ClN5O3/c1-10-12-5-11(18(12,2)3)6-13(10)23-14-7-21-24(17(26)16(14)19)8-15(25)20-9-22-27-4/h7,9-13,23H,5-6,8H2,1-4H3,(H,20,22,25)/t10-,11+,12+,13+/m0/s1. The summed E-state index contributed by atoms with van der Waals surface area (Å²) < 4.78 is 1.02. The van der Waals surface area contributed by atoms with Crippen LogP contribution in [0.2, 0.25) is 5.02 Å². The summed E-state index contributed by atoms with van der Waals surface area (Å²) in [6.45, 7) is 6.69. The van der Waals surface area contributed by atoms with Gasteiger partial charge in [0.05, 0.1) is 11.9 Å². The van der Waals surface area contributed by atoms with E-state index in [0.717, 1.165) is 17.4 Å². The second-order valence-corrected chi connectivity index (χ2v) is 8.40. The number of carbonyl (C=O) groups is 1. The van der Waals surface area contributed by atoms with Crippen LogP contribution in [0.15, 0.2) is 16.1 Å². The number of halogens is 1. The van der Waals surface area contributed by atoms with Crippen LogP contribution in [0, 0.1) is 23.2 Å². The Morgan fingerprint density at radius 1 is 1.52 bits per heavy atom. The third-order valence-electron chi connectivity index (χ3n) is 6.36. The third kappa shape index (κ3) is 3.67. The zero-order valence-corrected chi connectivity index (χ0v) is 16.8. The highest BCUT2D eigenvalue weighted by atomic mass is 35.5. The summed E-state index contributed by atoms with van der Waals surface area (Å²) in [5.41, 5.74) is 0.410. The summed E-state index contributed by atoms with van der Waals surface area (Å²) in [4.78, 5) is 28.7. The van der Waals surface area contributed by atoms with Crippen LogP contribution < -0.4 is 16.2 Å². The van der Waals surface area contributed by atoms with E-state index in [4.69, 9.17) is 11.6 Å². The van der Waals surface area contributed by atoms with Crippen molar-refractivity contribution in [1.29, 1.82) is 0 Å². The van der Waals surface area contributed by atoms with Crippen LogP contribution in [-0.2, 0) is 16.2 Å². The lowest BCUT2D eigenvalue weighted by atomic mass is 9.45. The second kappa shape index (κ2) is 7.50. The lowest BCUT2D eigenvalue weighted by Crippen LogP contribution is -2.58. The van der Waals surface area contributed by atoms with Gasteiger partial charge in [-0.05, 0) is 36.0 Å². The monoisotopic (exact) mass is 395 g/mol. The van der Waals surface area contributed by atoms with Gasteiger partial charge in [-0.25, -0.2) is 4.68 Å². The summed E-state index contributed by atoms with van der Waals surface area (Å²) in [6.07, 6.45) is 4.95. The van der Waals surface area contributed by atoms with Crippen molar-refractivity contribution < 1.29 is 9.63 Å². The molecule has 9 heteroatoms. The summed E-state index contributed by atoms with van der Waals surface area (Å²) in [7, 11) is 1.36. The van der Waals surface area contributed by atoms with Gasteiger partial charge in [-0.3, -0.25) is 9.59 Å². The molecule has 2 bridgehead atoms. The van der Waals surface area contributed by atoms with E-state index >= 15 is 0 Å². The maximum Gasteiger partial charge on any atom is 0.288 e. The third-order valence-corrected chi connectivity index (χ3v) is 6.72. The van der Waals surface area contributed by atoms with Crippen LogP contribution in [-0.4, -0.2) is 35.2 Å². The van der Waals surface area contributed by atoms with E-state index in [0.29, 0.717) is 28.9 Å². The van der Waals surface area contributed by atoms with E-state index < -0.39 is 11.5 Å². The summed E-state index contributed by atoms with van der Waals surface area (Å²) in [5.74, 6) is 1.42. The molecule has 3 aliphatic carbocycles. The maximum absolute atomic E-state index is 12.4. The first-order chi connectivity index (χ1) is 12.8. The van der Waals surface area contributed by atoms with Crippen LogP contribution in [0.4, 0.5) is 5.69 Å². The molecule has 1 aromatic rings. The average molecular weight is 396 g/mol. The van der Waals surface area contributed by atoms with Crippen LogP contribution in [0.3, 0.4) is 0 Å². The number of carbonyl (C=O) groups excluding carboxylic acids is 1. The van der Waals surface area contributed by atoms with E-state index in [-0.39, 0.29) is 17.6 Å². The van der Waals surface area contributed by atoms with E-state index in [1.165, 1.54) is 19.7 Å². The molecule has 4 atom stereocenters. The molecule has 3 saturated carbocycles. The predicted molar refractivity (Wildman–Crippen MR) is 104 cm³/mol. The smallest absolute Gasteiger partial charge is 0.288 e. The normalized spacial score (nSPS) is 28.5. The first-order valence-corrected chi connectivity index (χ1v) is 9.50. The molecule has 0 saturated heterocycles. The Hall–Kier alpha value is -2.09. The lowest BCUT2D eigenvalue weighted by Gasteiger charge is -2.62. The first kappa shape index (κ1) is 19.7. The molecule has 0 spiro atoms. The number of fused-ring (bicyclic) bond motifs is 2. The minimum atomic E-state index is -0.505. The largest absolute Gasteiger partial charge is 0.398 e. The molecular formula is C18H26ClN5O3. The molecule has 1 aromatic heterocycles. The van der Waals surface area contributed by atoms with Crippen molar-refractivity contribution in [3.63, 3.8) is 0 Å². The fraction of sp³-hybridized carbons (Fsp3) is 0.667. The first-order valence-electron chi connectivity index (χ1n) is 9.12. The van der Waals surface area contributed by atoms with Crippen molar-refractivity contribution in [3.8, 4) is 0 Å². The molecule has 148 valence electrons. The fourth-order valence-electron chi connectivity index (χ4n) is 4.55. The Morgan fingerprint density at radius 3 is 2.89 bits per heavy atom. The van der Waals surface area contributed by atoms with Gasteiger partial charge in [-0.2, -0.15) is 5.10 Å². The Labute approximate surface area is 163 Å². The summed E-state index contributed by atoms with van der Waals surface area (Å²) in [5, 5.41) is 13.3. The van der Waals surface area contributed by atoms with Crippen LogP contribution in [0.1, 0.15) is 33.6 Å². The van der Waals surface area contributed by atoms with Gasteiger partial charge < -0.3 is 15.5 Å². The number of rotatable bonds is 6. The molecule has 0 aliphatic heterocycles. The molecule has 8 nitrogen and oxygen atoms in total. The van der Waals surface area contributed by atoms with Crippen LogP contribution in [0.25, 0.3) is 0 Å². The van der Waals surface area contributed by atoms with Crippen LogP contribution >= 0.6 is 11.6 Å². The molecule has 1 amide bonds. The van der Waals surface area contributed by atoms with Crippen molar-refractivity contribution in [2.24, 2.45) is 28.3 Å². The van der Waals surface area contributed by atoms with E-state index in [1.807, 2.05) is 0 Å². The lowest BCUT2D eigenvalue weighted by molar-refractivity contribution is -0.120. The molecule has 3 aliphatic rings. The molecule has 3 fully saturated rings. The molecule has 2 N–H and O–H groups in total. The van der Waals surface area contributed by atoms with Crippen molar-refractivity contribution in [2.45, 2.75) is 46.2 Å². The minimum absolute atomic E-state index is 0.0501. The van der Waals surface area contributed by atoms with Gasteiger partial charge in [0.1, 0.15) is 25.0 Å². The molecular weight excluding hydrogens is 370 g/mol. The minimum Gasteiger partial charge on any atom is -0.398 e. The van der Waals surface area contributed by atoms with Gasteiger partial charge >= 0.3 is 0 Å². The average Bonchev–Trinajstić information content (AvgIpc) is 2.62. The second-order valence-electron chi connectivity index (χ2n) is 8.03. The molecule has 27 heavy (non-hydrogen) atoms. The Morgan fingerprint density at radius 2 is 2.26 bits per heavy atom. The number of hydrogen-bond acceptors (Lipinski definition) is 6. The van der Waals surface area contributed by atoms with Gasteiger partial charge in [0.25, 0.3) is 5.56 Å². The topological polar surface area (TPSA) is 97.6 Å². The van der Waals surface area contributed by atoms with Crippen LogP contribution in [0.5, 0.6) is 0 Å². The fourth-order valence-corrected chi connectivity index (χ4v) is 4.75. The van der Waals surface area contributed by atoms with Gasteiger partial charge in [0.2, 0.25) is 5.91 Å². The zero-order chi connectivity index (χ0) is 19.8. The molecule has 0 unspecified atom stereocenters. The summed E-state index contributed by atoms with van der Waals surface area (Å²) >= 11 is 6.27. The number of anilines is 1. The number of oxime groups is 1. The number of hydrogen-bond donors (Lipinski definition) is 2. The van der Waals surface area contributed by atoms with E-state index in [1.54, 1.807) is 0 Å². The summed E-state index contributed by atoms with van der Waals surface area (Å²) in [6, 6.07) is 0.268. The number of amides is 1. The van der Waals surface area contributed by atoms with Crippen molar-refractivity contribution in [2.75, 3.05) is 12.4 Å². The predicted octanol–water partition coefficient (Wildman–Crippen LogP) is 2.09. The highest BCUT2D eigenvalue weighted by Gasteiger charge is 2.56. The van der Waals surface area contributed by atoms with Gasteiger partial charge in [-0.1, -0.05) is 37.5 Å². The molecule has 4 rings (SSSR count). The van der Waals surface area contributed by atoms with Gasteiger partial charge in [-0.15, -0.1) is 0 Å². The van der Waals surface area contributed by atoms with Gasteiger partial charge in [0.15, 0.2) is 0 Å². The quantitative estimate of drug-likeness (QED) is 0.436. The number of aromatic nitrogens is 2. The van der Waals surface area contributed by atoms with Gasteiger partial charge in [0, 0.05) is 6.04 Å². The number of nitrogens with zero attached hydrogens (tertiary/aromatic N) is 3. The Bertz CT molecular complexity index is 807. The molecule has 0 radical (unpaired) electrons. The van der Waals surface area contributed by atoms with Crippen molar-refractivity contribution in [3.05, 3.63) is 21.6 Å². The Balaban J connectivity index is 1.68. The highest BCUT2D eigenvalue weighted by Crippen LogP contribution is 2.61. The maximum atomic E-state index is 12.4. The molecule has 1 heterocycles. The molecule has 0 aromatic carbocycles. The van der Waals surface area contributed by atoms with Crippen molar-refractivity contribution >= 4 is 29.5 Å². The number of nitrogens with one attached hydrogen (secondary N) is 2. The SMILES string of the molecule is CON=CNC(=O)Cn1ncc(N[C@@H]2C[C@H]3C[C@H]([C@@H]2C)C3(C)C)c(Cl)c1=O. The Kier molecular flexibility index (Phi) is 5.46. The highest BCUT2D eigenvalue weighted by molar-refractivity contribution is 6.32. The van der Waals surface area contributed by atoms with Crippen molar-refractivity contribution in [1.82, 2.24) is 15.1 Å². The zero-order valence-electron chi connectivity index (χ0n) is 16.0. The van der Waals surface area contributed by atoms with E-state index in [2.05, 4.69) is 46.5 Å².